The maximum absolute atomic E-state index is 12.3. The van der Waals surface area contributed by atoms with Crippen molar-refractivity contribution in [2.75, 3.05) is 18.5 Å². The van der Waals surface area contributed by atoms with Crippen LogP contribution in [0, 0.1) is 0 Å². The van der Waals surface area contributed by atoms with Gasteiger partial charge in [-0.2, -0.15) is 0 Å². The number of carbonyl (C=O) groups is 1. The van der Waals surface area contributed by atoms with Crippen molar-refractivity contribution in [3.8, 4) is 11.5 Å². The van der Waals surface area contributed by atoms with Gasteiger partial charge in [-0.05, 0) is 62.5 Å². The van der Waals surface area contributed by atoms with Gasteiger partial charge < -0.3 is 14.8 Å². The summed E-state index contributed by atoms with van der Waals surface area (Å²) in [5, 5.41) is 5.84. The fourth-order valence-electron chi connectivity index (χ4n) is 2.07. The second-order valence-corrected chi connectivity index (χ2v) is 5.20. The van der Waals surface area contributed by atoms with Crippen LogP contribution >= 0.6 is 12.2 Å². The molecule has 0 fully saturated rings. The van der Waals surface area contributed by atoms with Crippen LogP contribution in [0.2, 0.25) is 0 Å². The molecule has 0 spiro atoms. The molecule has 126 valence electrons. The van der Waals surface area contributed by atoms with E-state index in [1.807, 2.05) is 44.2 Å². The van der Waals surface area contributed by atoms with Gasteiger partial charge in [-0.25, -0.2) is 0 Å². The van der Waals surface area contributed by atoms with Crippen molar-refractivity contribution in [1.82, 2.24) is 5.32 Å². The summed E-state index contributed by atoms with van der Waals surface area (Å²) in [7, 11) is 0. The number of anilines is 1. The highest BCUT2D eigenvalue weighted by Crippen LogP contribution is 2.18. The molecule has 5 nitrogen and oxygen atoms in total. The largest absolute Gasteiger partial charge is 0.494 e. The molecule has 2 aromatic carbocycles. The monoisotopic (exact) mass is 344 g/mol. The fourth-order valence-corrected chi connectivity index (χ4v) is 2.28. The predicted molar refractivity (Wildman–Crippen MR) is 98.9 cm³/mol. The highest BCUT2D eigenvalue weighted by Gasteiger charge is 2.13. The van der Waals surface area contributed by atoms with Crippen LogP contribution in [0.25, 0.3) is 0 Å². The second-order valence-electron chi connectivity index (χ2n) is 4.79. The summed E-state index contributed by atoms with van der Waals surface area (Å²) in [4.78, 5) is 12.3. The number of benzene rings is 2. The summed E-state index contributed by atoms with van der Waals surface area (Å²) >= 11 is 5.19. The quantitative estimate of drug-likeness (QED) is 0.784. The van der Waals surface area contributed by atoms with Crippen molar-refractivity contribution >= 4 is 28.9 Å². The van der Waals surface area contributed by atoms with E-state index in [0.29, 0.717) is 24.5 Å². The number of hydrogen-bond donors (Lipinski definition) is 2. The molecule has 0 saturated carbocycles. The molecule has 0 unspecified atom stereocenters. The van der Waals surface area contributed by atoms with E-state index in [2.05, 4.69) is 10.6 Å². The summed E-state index contributed by atoms with van der Waals surface area (Å²) in [6, 6.07) is 14.4. The summed E-state index contributed by atoms with van der Waals surface area (Å²) in [6.07, 6.45) is 0. The van der Waals surface area contributed by atoms with Crippen LogP contribution in [0.3, 0.4) is 0 Å². The van der Waals surface area contributed by atoms with E-state index >= 15 is 0 Å². The molecule has 1 amide bonds. The molecular weight excluding hydrogens is 324 g/mol. The molecule has 0 aliphatic heterocycles. The van der Waals surface area contributed by atoms with Crippen molar-refractivity contribution in [3.63, 3.8) is 0 Å². The number of carbonyl (C=O) groups excluding carboxylic acids is 1. The first-order valence-corrected chi connectivity index (χ1v) is 8.12. The Hall–Kier alpha value is -2.60. The fraction of sp³-hybridized carbons (Fsp3) is 0.222. The first kappa shape index (κ1) is 17.7. The molecule has 0 atom stereocenters. The molecule has 0 heterocycles. The van der Waals surface area contributed by atoms with E-state index in [-0.39, 0.29) is 11.0 Å². The summed E-state index contributed by atoms with van der Waals surface area (Å²) < 4.78 is 10.8. The van der Waals surface area contributed by atoms with E-state index < -0.39 is 0 Å². The molecule has 0 aliphatic carbocycles. The van der Waals surface area contributed by atoms with Crippen LogP contribution in [0.5, 0.6) is 11.5 Å². The Balaban J connectivity index is 1.98. The minimum Gasteiger partial charge on any atom is -0.494 e. The van der Waals surface area contributed by atoms with Crippen LogP contribution in [-0.2, 0) is 0 Å². The highest BCUT2D eigenvalue weighted by molar-refractivity contribution is 7.80. The molecule has 0 aromatic heterocycles. The number of ether oxygens (including phenoxy) is 2. The van der Waals surface area contributed by atoms with Gasteiger partial charge in [0.15, 0.2) is 5.11 Å². The third kappa shape index (κ3) is 4.96. The highest BCUT2D eigenvalue weighted by atomic mass is 32.1. The van der Waals surface area contributed by atoms with Crippen LogP contribution < -0.4 is 20.1 Å². The lowest BCUT2D eigenvalue weighted by Crippen LogP contribution is -2.34. The van der Waals surface area contributed by atoms with Gasteiger partial charge in [-0.1, -0.05) is 12.1 Å². The molecule has 0 aliphatic rings. The van der Waals surface area contributed by atoms with Crippen molar-refractivity contribution < 1.29 is 14.3 Å². The zero-order chi connectivity index (χ0) is 17.4. The Morgan fingerprint density at radius 1 is 1.00 bits per heavy atom. The molecule has 2 aromatic rings. The van der Waals surface area contributed by atoms with Crippen molar-refractivity contribution in [1.29, 1.82) is 0 Å². The van der Waals surface area contributed by atoms with Crippen LogP contribution in [0.15, 0.2) is 48.5 Å². The van der Waals surface area contributed by atoms with Gasteiger partial charge in [-0.3, -0.25) is 10.1 Å². The normalized spacial score (nSPS) is 9.92. The van der Waals surface area contributed by atoms with Gasteiger partial charge in [0, 0.05) is 5.69 Å². The van der Waals surface area contributed by atoms with E-state index in [9.17, 15) is 4.79 Å². The molecule has 0 saturated heterocycles. The predicted octanol–water partition coefficient (Wildman–Crippen LogP) is 3.61. The molecular formula is C18H20N2O3S. The zero-order valence-corrected chi connectivity index (χ0v) is 14.5. The lowest BCUT2D eigenvalue weighted by Gasteiger charge is -2.12. The first-order valence-electron chi connectivity index (χ1n) is 7.71. The Kier molecular flexibility index (Phi) is 6.57. The van der Waals surface area contributed by atoms with Crippen LogP contribution in [-0.4, -0.2) is 24.2 Å². The molecule has 0 radical (unpaired) electrons. The zero-order valence-electron chi connectivity index (χ0n) is 13.7. The average molecular weight is 344 g/mol. The SMILES string of the molecule is CCOc1ccc(NC(=S)NC(=O)c2ccccc2OCC)cc1. The third-order valence-electron chi connectivity index (χ3n) is 3.08. The van der Waals surface area contributed by atoms with E-state index in [1.165, 1.54) is 0 Å². The Labute approximate surface area is 147 Å². The Morgan fingerprint density at radius 2 is 1.67 bits per heavy atom. The van der Waals surface area contributed by atoms with E-state index in [0.717, 1.165) is 11.4 Å². The van der Waals surface area contributed by atoms with E-state index in [4.69, 9.17) is 21.7 Å². The number of rotatable bonds is 6. The van der Waals surface area contributed by atoms with Crippen molar-refractivity contribution in [3.05, 3.63) is 54.1 Å². The van der Waals surface area contributed by atoms with Gasteiger partial charge in [0.05, 0.1) is 18.8 Å². The summed E-state index contributed by atoms with van der Waals surface area (Å²) in [5.74, 6) is 0.993. The Morgan fingerprint density at radius 3 is 2.33 bits per heavy atom. The minimum atomic E-state index is -0.317. The Bertz CT molecular complexity index is 702. The third-order valence-corrected chi connectivity index (χ3v) is 3.29. The van der Waals surface area contributed by atoms with Crippen LogP contribution in [0.4, 0.5) is 5.69 Å². The summed E-state index contributed by atoms with van der Waals surface area (Å²) in [5.41, 5.74) is 1.21. The lowest BCUT2D eigenvalue weighted by molar-refractivity contribution is 0.0974. The first-order chi connectivity index (χ1) is 11.6. The molecule has 6 heteroatoms. The topological polar surface area (TPSA) is 59.6 Å². The molecule has 2 N–H and O–H groups in total. The van der Waals surface area contributed by atoms with Gasteiger partial charge >= 0.3 is 0 Å². The van der Waals surface area contributed by atoms with Gasteiger partial charge in [-0.15, -0.1) is 0 Å². The van der Waals surface area contributed by atoms with Gasteiger partial charge in [0.1, 0.15) is 11.5 Å². The van der Waals surface area contributed by atoms with Gasteiger partial charge in [0.2, 0.25) is 0 Å². The smallest absolute Gasteiger partial charge is 0.261 e. The van der Waals surface area contributed by atoms with Crippen molar-refractivity contribution in [2.24, 2.45) is 0 Å². The van der Waals surface area contributed by atoms with Gasteiger partial charge in [0.25, 0.3) is 5.91 Å². The number of amides is 1. The number of hydrogen-bond acceptors (Lipinski definition) is 4. The lowest BCUT2D eigenvalue weighted by atomic mass is 10.2. The number of nitrogens with one attached hydrogen (secondary N) is 2. The van der Waals surface area contributed by atoms with Crippen molar-refractivity contribution in [2.45, 2.75) is 13.8 Å². The number of thiocarbonyl (C=S) groups is 1. The maximum Gasteiger partial charge on any atom is 0.261 e. The number of para-hydroxylation sites is 1. The van der Waals surface area contributed by atoms with Crippen LogP contribution in [0.1, 0.15) is 24.2 Å². The summed E-state index contributed by atoms with van der Waals surface area (Å²) in [6.45, 7) is 4.89. The minimum absolute atomic E-state index is 0.218. The molecule has 0 bridgehead atoms. The average Bonchev–Trinajstić information content (AvgIpc) is 2.57. The standard InChI is InChI=1S/C18H20N2O3S/c1-3-22-14-11-9-13(10-12-14)19-18(24)20-17(21)15-7-5-6-8-16(15)23-4-2/h5-12H,3-4H2,1-2H3,(H2,19,20,21,24). The molecule has 24 heavy (non-hydrogen) atoms. The maximum atomic E-state index is 12.3. The second kappa shape index (κ2) is 8.88. The van der Waals surface area contributed by atoms with E-state index in [1.54, 1.807) is 18.2 Å². The molecule has 2 rings (SSSR count).